The van der Waals surface area contributed by atoms with Crippen molar-refractivity contribution in [3.63, 3.8) is 0 Å². The quantitative estimate of drug-likeness (QED) is 0.278. The summed E-state index contributed by atoms with van der Waals surface area (Å²) >= 11 is 0. The molecule has 0 saturated heterocycles. The number of rotatable bonds is 2. The van der Waals surface area contributed by atoms with Crippen LogP contribution in [0.1, 0.15) is 31.2 Å². The van der Waals surface area contributed by atoms with E-state index in [0.29, 0.717) is 5.92 Å². The highest BCUT2D eigenvalue weighted by Gasteiger charge is 2.18. The van der Waals surface area contributed by atoms with Crippen LogP contribution in [0.25, 0.3) is 54.9 Å². The van der Waals surface area contributed by atoms with Crippen molar-refractivity contribution < 1.29 is 4.42 Å². The summed E-state index contributed by atoms with van der Waals surface area (Å²) in [6.45, 7) is 6.44. The lowest BCUT2D eigenvalue weighted by Gasteiger charge is -2.14. The zero-order chi connectivity index (χ0) is 21.1. The van der Waals surface area contributed by atoms with E-state index in [-0.39, 0.29) is 0 Å². The van der Waals surface area contributed by atoms with E-state index >= 15 is 0 Å². The van der Waals surface area contributed by atoms with Gasteiger partial charge in [-0.2, -0.15) is 0 Å². The first-order chi connectivity index (χ1) is 15.1. The van der Waals surface area contributed by atoms with Gasteiger partial charge in [0.2, 0.25) is 0 Å². The van der Waals surface area contributed by atoms with E-state index in [1.54, 1.807) is 0 Å². The molecule has 3 heteroatoms. The minimum absolute atomic E-state index is 0.409. The van der Waals surface area contributed by atoms with Crippen LogP contribution in [0.2, 0.25) is 0 Å². The monoisotopic (exact) mass is 402 g/mol. The van der Waals surface area contributed by atoms with Crippen molar-refractivity contribution in [3.05, 3.63) is 84.2 Å². The Bertz CT molecular complexity index is 1630. The molecule has 0 atom stereocenters. The summed E-state index contributed by atoms with van der Waals surface area (Å²) in [5.41, 5.74) is 6.03. The maximum absolute atomic E-state index is 6.32. The summed E-state index contributed by atoms with van der Waals surface area (Å²) in [5, 5.41) is 5.73. The largest absolute Gasteiger partial charge is 0.455 e. The molecule has 0 unspecified atom stereocenters. The van der Waals surface area contributed by atoms with Gasteiger partial charge in [-0.3, -0.25) is 0 Å². The summed E-state index contributed by atoms with van der Waals surface area (Å²) in [6, 6.07) is 25.3. The van der Waals surface area contributed by atoms with E-state index in [4.69, 9.17) is 14.4 Å². The summed E-state index contributed by atoms with van der Waals surface area (Å²) in [5.74, 6) is 1.17. The van der Waals surface area contributed by atoms with Crippen molar-refractivity contribution in [3.8, 4) is 11.3 Å². The molecule has 0 aliphatic heterocycles. The molecule has 0 aliphatic carbocycles. The third kappa shape index (κ3) is 2.66. The van der Waals surface area contributed by atoms with Crippen LogP contribution in [-0.2, 0) is 0 Å². The average molecular weight is 402 g/mol. The fraction of sp³-hybridized carbons (Fsp3) is 0.143. The van der Waals surface area contributed by atoms with Gasteiger partial charge in [0.05, 0.1) is 11.2 Å². The molecule has 0 radical (unpaired) electrons. The van der Waals surface area contributed by atoms with Crippen LogP contribution in [0.4, 0.5) is 0 Å². The molecule has 6 aromatic rings. The van der Waals surface area contributed by atoms with Gasteiger partial charge in [0.1, 0.15) is 17.0 Å². The lowest BCUT2D eigenvalue weighted by molar-refractivity contribution is 0.670. The third-order valence-electron chi connectivity index (χ3n) is 6.13. The first-order valence-corrected chi connectivity index (χ1v) is 10.7. The molecule has 3 nitrogen and oxygen atoms in total. The van der Waals surface area contributed by atoms with Crippen molar-refractivity contribution in [2.24, 2.45) is 0 Å². The lowest BCUT2D eigenvalue weighted by Crippen LogP contribution is -1.97. The van der Waals surface area contributed by atoms with Gasteiger partial charge in [-0.15, -0.1) is 0 Å². The molecule has 4 aromatic carbocycles. The second-order valence-electron chi connectivity index (χ2n) is 8.46. The number of benzene rings is 4. The number of aromatic nitrogens is 2. The zero-order valence-electron chi connectivity index (χ0n) is 17.8. The van der Waals surface area contributed by atoms with E-state index in [1.807, 2.05) is 25.1 Å². The second-order valence-corrected chi connectivity index (χ2v) is 8.46. The van der Waals surface area contributed by atoms with Gasteiger partial charge in [-0.1, -0.05) is 68.4 Å². The minimum Gasteiger partial charge on any atom is -0.455 e. The molecule has 0 N–H and O–H groups in total. The van der Waals surface area contributed by atoms with E-state index in [2.05, 4.69) is 68.4 Å². The van der Waals surface area contributed by atoms with Gasteiger partial charge < -0.3 is 4.42 Å². The predicted molar refractivity (Wildman–Crippen MR) is 129 cm³/mol. The molecule has 0 aliphatic rings. The molecule has 2 aromatic heterocycles. The van der Waals surface area contributed by atoms with Gasteiger partial charge >= 0.3 is 0 Å². The molecular weight excluding hydrogens is 380 g/mol. The fourth-order valence-corrected chi connectivity index (χ4v) is 4.72. The molecule has 0 saturated carbocycles. The average Bonchev–Trinajstić information content (AvgIpc) is 3.17. The number of hydrogen-bond donors (Lipinski definition) is 0. The Morgan fingerprint density at radius 1 is 0.742 bits per heavy atom. The Kier molecular flexibility index (Phi) is 3.87. The molecule has 31 heavy (non-hydrogen) atoms. The van der Waals surface area contributed by atoms with Crippen LogP contribution in [-0.4, -0.2) is 9.97 Å². The van der Waals surface area contributed by atoms with Crippen LogP contribution < -0.4 is 0 Å². The van der Waals surface area contributed by atoms with Crippen molar-refractivity contribution in [2.45, 2.75) is 26.7 Å². The van der Waals surface area contributed by atoms with Crippen molar-refractivity contribution >= 4 is 43.6 Å². The molecule has 0 spiro atoms. The highest BCUT2D eigenvalue weighted by molar-refractivity contribution is 6.15. The topological polar surface area (TPSA) is 38.9 Å². The Hall–Kier alpha value is -3.72. The van der Waals surface area contributed by atoms with E-state index in [9.17, 15) is 0 Å². The predicted octanol–water partition coefficient (Wildman–Crippen LogP) is 7.78. The van der Waals surface area contributed by atoms with Gasteiger partial charge in [-0.25, -0.2) is 9.97 Å². The molecule has 6 rings (SSSR count). The van der Waals surface area contributed by atoms with Gasteiger partial charge in [0.25, 0.3) is 0 Å². The summed E-state index contributed by atoms with van der Waals surface area (Å²) in [7, 11) is 0. The van der Waals surface area contributed by atoms with Crippen LogP contribution in [0, 0.1) is 6.92 Å². The smallest absolute Gasteiger partial charge is 0.144 e. The highest BCUT2D eigenvalue weighted by Crippen LogP contribution is 2.39. The van der Waals surface area contributed by atoms with Crippen molar-refractivity contribution in [1.82, 2.24) is 9.97 Å². The number of nitrogens with zero attached hydrogens (tertiary/aromatic N) is 2. The van der Waals surface area contributed by atoms with Gasteiger partial charge in [0.15, 0.2) is 0 Å². The Morgan fingerprint density at radius 3 is 2.42 bits per heavy atom. The Labute approximate surface area is 180 Å². The summed E-state index contributed by atoms with van der Waals surface area (Å²) in [4.78, 5) is 9.82. The number of para-hydroxylation sites is 2. The fourth-order valence-electron chi connectivity index (χ4n) is 4.72. The van der Waals surface area contributed by atoms with Crippen LogP contribution >= 0.6 is 0 Å². The number of hydrogen-bond acceptors (Lipinski definition) is 3. The first kappa shape index (κ1) is 18.1. The minimum atomic E-state index is 0.409. The van der Waals surface area contributed by atoms with Crippen LogP contribution in [0.15, 0.2) is 77.2 Å². The third-order valence-corrected chi connectivity index (χ3v) is 6.13. The summed E-state index contributed by atoms with van der Waals surface area (Å²) in [6.07, 6.45) is 0. The standard InChI is InChI=1S/C28H22N2O/c1-16(2)19-10-6-8-18-14-15-22-26(29-17(3)30-27(22)25(18)19)23-12-7-11-21-20-9-4-5-13-24(20)31-28(21)23/h4-16H,1-3H3. The maximum Gasteiger partial charge on any atom is 0.144 e. The maximum atomic E-state index is 6.32. The van der Waals surface area contributed by atoms with E-state index < -0.39 is 0 Å². The second kappa shape index (κ2) is 6.64. The number of aryl methyl sites for hydroxylation is 1. The molecule has 0 amide bonds. The highest BCUT2D eigenvalue weighted by atomic mass is 16.3. The van der Waals surface area contributed by atoms with Crippen molar-refractivity contribution in [1.29, 1.82) is 0 Å². The number of furan rings is 1. The van der Waals surface area contributed by atoms with Gasteiger partial charge in [-0.05, 0) is 42.0 Å². The number of fused-ring (bicyclic) bond motifs is 6. The zero-order valence-corrected chi connectivity index (χ0v) is 17.8. The normalized spacial score (nSPS) is 12.0. The molecular formula is C28H22N2O. The Morgan fingerprint density at radius 2 is 1.55 bits per heavy atom. The summed E-state index contributed by atoms with van der Waals surface area (Å²) < 4.78 is 6.32. The van der Waals surface area contributed by atoms with E-state index in [0.717, 1.165) is 49.9 Å². The van der Waals surface area contributed by atoms with Gasteiger partial charge in [0, 0.05) is 27.1 Å². The molecule has 0 fully saturated rings. The first-order valence-electron chi connectivity index (χ1n) is 10.7. The lowest BCUT2D eigenvalue weighted by atomic mass is 9.93. The SMILES string of the molecule is Cc1nc(-c2cccc3c2oc2ccccc23)c2ccc3cccc(C(C)C)c3c2n1. The molecule has 150 valence electrons. The van der Waals surface area contributed by atoms with Crippen LogP contribution in [0.5, 0.6) is 0 Å². The Balaban J connectivity index is 1.76. The van der Waals surface area contributed by atoms with Crippen molar-refractivity contribution in [2.75, 3.05) is 0 Å². The molecule has 2 heterocycles. The van der Waals surface area contributed by atoms with E-state index in [1.165, 1.54) is 16.3 Å². The van der Waals surface area contributed by atoms with Crippen LogP contribution in [0.3, 0.4) is 0 Å². The molecule has 0 bridgehead atoms.